The summed E-state index contributed by atoms with van der Waals surface area (Å²) in [5, 5.41) is 5.53. The number of alkyl halides is 6. The van der Waals surface area contributed by atoms with Gasteiger partial charge >= 0.3 is 12.4 Å². The minimum Gasteiger partial charge on any atom is -0.382 e. The molecule has 1 aromatic heterocycles. The van der Waals surface area contributed by atoms with E-state index in [9.17, 15) is 31.1 Å². The molecule has 0 aliphatic heterocycles. The van der Waals surface area contributed by atoms with Gasteiger partial charge in [0.25, 0.3) is 5.56 Å². The summed E-state index contributed by atoms with van der Waals surface area (Å²) in [7, 11) is 0. The molecule has 0 unspecified atom stereocenters. The molecule has 0 aromatic carbocycles. The van der Waals surface area contributed by atoms with Crippen LogP contribution in [0.4, 0.5) is 32.0 Å². The first kappa shape index (κ1) is 16.8. The van der Waals surface area contributed by atoms with Crippen LogP contribution in [-0.2, 0) is 6.54 Å². The zero-order chi connectivity index (χ0) is 15.6. The Morgan fingerprint density at radius 1 is 1.20 bits per heavy atom. The largest absolute Gasteiger partial charge is 0.408 e. The summed E-state index contributed by atoms with van der Waals surface area (Å²) >= 11 is 2.73. The maximum atomic E-state index is 12.1. The van der Waals surface area contributed by atoms with Gasteiger partial charge in [-0.2, -0.15) is 31.4 Å². The van der Waals surface area contributed by atoms with Crippen molar-refractivity contribution in [3.63, 3.8) is 0 Å². The van der Waals surface area contributed by atoms with Crippen LogP contribution in [-0.4, -0.2) is 28.7 Å². The molecule has 4 nitrogen and oxygen atoms in total. The van der Waals surface area contributed by atoms with Crippen molar-refractivity contribution in [2.75, 3.05) is 11.9 Å². The van der Waals surface area contributed by atoms with Crippen molar-refractivity contribution in [1.82, 2.24) is 9.78 Å². The summed E-state index contributed by atoms with van der Waals surface area (Å²) < 4.78 is 72.0. The van der Waals surface area contributed by atoms with E-state index in [-0.39, 0.29) is 14.8 Å². The highest BCUT2D eigenvalue weighted by molar-refractivity contribution is 9.10. The van der Waals surface area contributed by atoms with Gasteiger partial charge in [0.1, 0.15) is 11.0 Å². The average molecular weight is 368 g/mol. The smallest absolute Gasteiger partial charge is 0.382 e. The van der Waals surface area contributed by atoms with E-state index in [2.05, 4.69) is 26.3 Å². The van der Waals surface area contributed by atoms with E-state index in [4.69, 9.17) is 0 Å². The van der Waals surface area contributed by atoms with Crippen molar-refractivity contribution in [3.8, 4) is 0 Å². The SMILES string of the molecule is O=c1c(Br)c(NCCC(F)(F)F)cnn1CC(F)(F)F. The number of aromatic nitrogens is 2. The molecule has 0 atom stereocenters. The van der Waals surface area contributed by atoms with Crippen LogP contribution in [0.5, 0.6) is 0 Å². The fourth-order valence-electron chi connectivity index (χ4n) is 1.21. The highest BCUT2D eigenvalue weighted by Gasteiger charge is 2.30. The van der Waals surface area contributed by atoms with Crippen molar-refractivity contribution in [1.29, 1.82) is 0 Å². The van der Waals surface area contributed by atoms with Gasteiger partial charge in [-0.15, -0.1) is 0 Å². The quantitative estimate of drug-likeness (QED) is 0.832. The Morgan fingerprint density at radius 3 is 2.30 bits per heavy atom. The normalized spacial score (nSPS) is 12.6. The van der Waals surface area contributed by atoms with Crippen molar-refractivity contribution in [2.45, 2.75) is 25.3 Å². The Labute approximate surface area is 116 Å². The fourth-order valence-corrected chi connectivity index (χ4v) is 1.66. The molecule has 1 N–H and O–H groups in total. The van der Waals surface area contributed by atoms with E-state index in [0.29, 0.717) is 0 Å². The zero-order valence-electron chi connectivity index (χ0n) is 9.65. The molecule has 1 aromatic rings. The summed E-state index contributed by atoms with van der Waals surface area (Å²) in [5.41, 5.74) is -1.18. The summed E-state index contributed by atoms with van der Waals surface area (Å²) in [6, 6.07) is 0. The van der Waals surface area contributed by atoms with E-state index in [1.165, 1.54) is 0 Å². The standard InChI is InChI=1S/C9H8BrF6N3O/c10-6-5(17-2-1-8(11,12)13)3-18-19(7(6)20)4-9(14,15)16/h3,17H,1-2,4H2. The van der Waals surface area contributed by atoms with Crippen LogP contribution in [0.2, 0.25) is 0 Å². The molecule has 0 amide bonds. The van der Waals surface area contributed by atoms with Gasteiger partial charge in [0, 0.05) is 6.54 Å². The summed E-state index contributed by atoms with van der Waals surface area (Å²) in [6.07, 6.45) is -9.29. The Hall–Kier alpha value is -1.26. The average Bonchev–Trinajstić information content (AvgIpc) is 2.25. The minimum absolute atomic E-state index is 0.0994. The van der Waals surface area contributed by atoms with Gasteiger partial charge in [-0.25, -0.2) is 4.68 Å². The predicted molar refractivity (Wildman–Crippen MR) is 61.4 cm³/mol. The number of rotatable bonds is 4. The molecule has 114 valence electrons. The van der Waals surface area contributed by atoms with Crippen LogP contribution in [0.3, 0.4) is 0 Å². The van der Waals surface area contributed by atoms with Crippen molar-refractivity contribution >= 4 is 21.6 Å². The third-order valence-corrected chi connectivity index (χ3v) is 2.80. The van der Waals surface area contributed by atoms with Crippen LogP contribution < -0.4 is 10.9 Å². The molecule has 0 saturated carbocycles. The molecule has 0 spiro atoms. The predicted octanol–water partition coefficient (Wildman–Crippen LogP) is 2.93. The first-order chi connectivity index (χ1) is 8.99. The minimum atomic E-state index is -4.62. The highest BCUT2D eigenvalue weighted by Crippen LogP contribution is 2.22. The topological polar surface area (TPSA) is 46.9 Å². The molecule has 0 fully saturated rings. The van der Waals surface area contributed by atoms with Crippen LogP contribution in [0.1, 0.15) is 6.42 Å². The third kappa shape index (κ3) is 5.39. The lowest BCUT2D eigenvalue weighted by molar-refractivity contribution is -0.143. The number of hydrogen-bond donors (Lipinski definition) is 1. The number of nitrogens with zero attached hydrogens (tertiary/aromatic N) is 2. The third-order valence-electron chi connectivity index (χ3n) is 2.04. The molecular weight excluding hydrogens is 360 g/mol. The number of halogens is 7. The van der Waals surface area contributed by atoms with Gasteiger partial charge in [-0.05, 0) is 15.9 Å². The van der Waals surface area contributed by atoms with Gasteiger partial charge in [-0.3, -0.25) is 4.79 Å². The second-order valence-corrected chi connectivity index (χ2v) is 4.54. The summed E-state index contributed by atoms with van der Waals surface area (Å²) in [6.45, 7) is -2.10. The molecule has 0 aliphatic carbocycles. The Morgan fingerprint density at radius 2 is 1.80 bits per heavy atom. The number of anilines is 1. The molecule has 0 radical (unpaired) electrons. The van der Waals surface area contributed by atoms with Crippen LogP contribution in [0.25, 0.3) is 0 Å². The monoisotopic (exact) mass is 367 g/mol. The zero-order valence-corrected chi connectivity index (χ0v) is 11.2. The Bertz CT molecular complexity index is 524. The first-order valence-corrected chi connectivity index (χ1v) is 5.92. The fraction of sp³-hybridized carbons (Fsp3) is 0.556. The van der Waals surface area contributed by atoms with Gasteiger partial charge in [0.15, 0.2) is 0 Å². The molecule has 0 bridgehead atoms. The summed E-state index contributed by atoms with van der Waals surface area (Å²) in [4.78, 5) is 11.5. The lowest BCUT2D eigenvalue weighted by atomic mass is 10.4. The molecule has 0 aliphatic rings. The highest BCUT2D eigenvalue weighted by atomic mass is 79.9. The maximum absolute atomic E-state index is 12.1. The number of hydrogen-bond acceptors (Lipinski definition) is 3. The maximum Gasteiger partial charge on any atom is 0.408 e. The van der Waals surface area contributed by atoms with E-state index in [1.807, 2.05) is 0 Å². The van der Waals surface area contributed by atoms with Crippen molar-refractivity contribution in [3.05, 3.63) is 21.0 Å². The Kier molecular flexibility index (Phi) is 5.05. The summed E-state index contributed by atoms with van der Waals surface area (Å²) in [5.74, 6) is 0. The molecule has 11 heteroatoms. The van der Waals surface area contributed by atoms with E-state index >= 15 is 0 Å². The lowest BCUT2D eigenvalue weighted by Gasteiger charge is -2.12. The van der Waals surface area contributed by atoms with Gasteiger partial charge in [-0.1, -0.05) is 0 Å². The van der Waals surface area contributed by atoms with E-state index < -0.39 is 37.4 Å². The molecular formula is C9H8BrF6N3O. The first-order valence-electron chi connectivity index (χ1n) is 5.12. The van der Waals surface area contributed by atoms with Crippen LogP contribution in [0.15, 0.2) is 15.5 Å². The molecule has 1 rings (SSSR count). The molecule has 20 heavy (non-hydrogen) atoms. The van der Waals surface area contributed by atoms with Crippen LogP contribution in [0, 0.1) is 0 Å². The van der Waals surface area contributed by atoms with Gasteiger partial charge < -0.3 is 5.32 Å². The Balaban J connectivity index is 2.82. The second kappa shape index (κ2) is 6.02. The van der Waals surface area contributed by atoms with E-state index in [0.717, 1.165) is 6.20 Å². The van der Waals surface area contributed by atoms with Crippen LogP contribution >= 0.6 is 15.9 Å². The van der Waals surface area contributed by atoms with Gasteiger partial charge in [0.05, 0.1) is 18.3 Å². The van der Waals surface area contributed by atoms with Crippen molar-refractivity contribution in [2.24, 2.45) is 0 Å². The second-order valence-electron chi connectivity index (χ2n) is 3.74. The number of nitrogens with one attached hydrogen (secondary N) is 1. The van der Waals surface area contributed by atoms with Crippen molar-refractivity contribution < 1.29 is 26.3 Å². The van der Waals surface area contributed by atoms with E-state index in [1.54, 1.807) is 0 Å². The molecule has 0 saturated heterocycles. The van der Waals surface area contributed by atoms with Gasteiger partial charge in [0.2, 0.25) is 0 Å². The lowest BCUT2D eigenvalue weighted by Crippen LogP contribution is -2.31. The molecule has 1 heterocycles.